The number of fused-ring (bicyclic) bond motifs is 1. The number of anilines is 1. The topological polar surface area (TPSA) is 112 Å². The van der Waals surface area contributed by atoms with Gasteiger partial charge in [0.25, 0.3) is 5.91 Å². The Hall–Kier alpha value is -3.01. The van der Waals surface area contributed by atoms with Gasteiger partial charge in [0.1, 0.15) is 24.2 Å². The summed E-state index contributed by atoms with van der Waals surface area (Å²) in [6.45, 7) is 5.15. The molecule has 2 fully saturated rings. The Labute approximate surface area is 174 Å². The van der Waals surface area contributed by atoms with Crippen LogP contribution < -0.4 is 10.2 Å². The van der Waals surface area contributed by atoms with Gasteiger partial charge in [-0.2, -0.15) is 0 Å². The Morgan fingerprint density at radius 2 is 1.97 bits per heavy atom. The molecular weight excluding hydrogens is 390 g/mol. The van der Waals surface area contributed by atoms with Crippen LogP contribution in [0.1, 0.15) is 35.8 Å². The van der Waals surface area contributed by atoms with Gasteiger partial charge in [0.2, 0.25) is 17.7 Å². The summed E-state index contributed by atoms with van der Waals surface area (Å²) in [6.07, 6.45) is 0.552. The highest BCUT2D eigenvalue weighted by Crippen LogP contribution is 2.28. The van der Waals surface area contributed by atoms with E-state index in [1.807, 2.05) is 24.0 Å². The van der Waals surface area contributed by atoms with Crippen molar-refractivity contribution >= 4 is 29.4 Å². The van der Waals surface area contributed by atoms with Crippen molar-refractivity contribution in [3.05, 3.63) is 23.4 Å². The third kappa shape index (κ3) is 3.87. The fourth-order valence-electron chi connectivity index (χ4n) is 4.05. The first kappa shape index (κ1) is 20.3. The van der Waals surface area contributed by atoms with Crippen molar-refractivity contribution in [2.75, 3.05) is 44.3 Å². The molecule has 4 heterocycles. The molecule has 4 amide bonds. The normalized spacial score (nSPS) is 21.7. The summed E-state index contributed by atoms with van der Waals surface area (Å²) in [4.78, 5) is 58.4. The Bertz CT molecular complexity index is 880. The molecule has 4 rings (SSSR count). The van der Waals surface area contributed by atoms with Crippen LogP contribution in [0.15, 0.2) is 12.1 Å². The van der Waals surface area contributed by atoms with Crippen molar-refractivity contribution in [3.63, 3.8) is 0 Å². The van der Waals surface area contributed by atoms with Crippen LogP contribution in [-0.4, -0.2) is 83.8 Å². The lowest BCUT2D eigenvalue weighted by Gasteiger charge is -2.35. The first-order chi connectivity index (χ1) is 14.5. The molecule has 30 heavy (non-hydrogen) atoms. The molecule has 1 aromatic rings. The zero-order valence-corrected chi connectivity index (χ0v) is 16.9. The number of carbonyl (C=O) groups excluding carboxylic acids is 4. The van der Waals surface area contributed by atoms with Gasteiger partial charge in [0.05, 0.1) is 0 Å². The van der Waals surface area contributed by atoms with Gasteiger partial charge < -0.3 is 19.4 Å². The molecule has 0 aromatic carbocycles. The maximum Gasteiger partial charge on any atom is 0.273 e. The second kappa shape index (κ2) is 8.39. The number of nitrogens with one attached hydrogen (secondary N) is 1. The van der Waals surface area contributed by atoms with Crippen LogP contribution in [-0.2, 0) is 25.7 Å². The van der Waals surface area contributed by atoms with Gasteiger partial charge in [-0.1, -0.05) is 6.07 Å². The van der Waals surface area contributed by atoms with Crippen molar-refractivity contribution in [1.82, 2.24) is 20.1 Å². The van der Waals surface area contributed by atoms with Crippen LogP contribution in [0.2, 0.25) is 0 Å². The summed E-state index contributed by atoms with van der Waals surface area (Å²) < 4.78 is 5.19. The molecule has 0 spiro atoms. The van der Waals surface area contributed by atoms with Crippen molar-refractivity contribution < 1.29 is 23.9 Å². The number of amides is 4. The highest BCUT2D eigenvalue weighted by Gasteiger charge is 2.40. The molecule has 0 bridgehead atoms. The SMILES string of the molecule is CCOCC(=O)N1CCN(c2ccc3c(n2)C(=O)N(C2CCC(=O)NC2=O)C3)CC1. The van der Waals surface area contributed by atoms with Crippen molar-refractivity contribution in [2.45, 2.75) is 32.4 Å². The lowest BCUT2D eigenvalue weighted by atomic mass is 10.0. The molecule has 2 saturated heterocycles. The fraction of sp³-hybridized carbons (Fsp3) is 0.550. The average Bonchev–Trinajstić information content (AvgIpc) is 3.08. The van der Waals surface area contributed by atoms with Crippen LogP contribution in [0.3, 0.4) is 0 Å². The number of nitrogens with zero attached hydrogens (tertiary/aromatic N) is 4. The number of imide groups is 1. The van der Waals surface area contributed by atoms with E-state index in [1.54, 1.807) is 4.90 Å². The summed E-state index contributed by atoms with van der Waals surface area (Å²) in [6, 6.07) is 3.10. The quantitative estimate of drug-likeness (QED) is 0.647. The third-order valence-corrected chi connectivity index (χ3v) is 5.74. The van der Waals surface area contributed by atoms with Gasteiger partial charge in [-0.25, -0.2) is 4.98 Å². The minimum absolute atomic E-state index is 0.0199. The maximum atomic E-state index is 12.9. The number of hydrogen-bond acceptors (Lipinski definition) is 7. The van der Waals surface area contributed by atoms with Gasteiger partial charge in [0.15, 0.2) is 0 Å². The predicted octanol–water partition coefficient (Wildman–Crippen LogP) is -0.472. The van der Waals surface area contributed by atoms with Gasteiger partial charge in [-0.05, 0) is 19.4 Å². The lowest BCUT2D eigenvalue weighted by Crippen LogP contribution is -2.52. The molecule has 0 radical (unpaired) electrons. The summed E-state index contributed by atoms with van der Waals surface area (Å²) in [5.41, 5.74) is 1.13. The summed E-state index contributed by atoms with van der Waals surface area (Å²) in [5.74, 6) is -0.357. The lowest BCUT2D eigenvalue weighted by molar-refractivity contribution is -0.137. The van der Waals surface area contributed by atoms with Crippen molar-refractivity contribution in [3.8, 4) is 0 Å². The van der Waals surface area contributed by atoms with Crippen molar-refractivity contribution in [2.24, 2.45) is 0 Å². The van der Waals surface area contributed by atoms with E-state index in [9.17, 15) is 19.2 Å². The first-order valence-electron chi connectivity index (χ1n) is 10.2. The highest BCUT2D eigenvalue weighted by molar-refractivity contribution is 6.04. The van der Waals surface area contributed by atoms with E-state index in [0.717, 1.165) is 5.56 Å². The van der Waals surface area contributed by atoms with E-state index in [0.29, 0.717) is 57.3 Å². The van der Waals surface area contributed by atoms with E-state index in [2.05, 4.69) is 10.3 Å². The zero-order valence-electron chi connectivity index (χ0n) is 16.9. The molecule has 3 aliphatic heterocycles. The van der Waals surface area contributed by atoms with Crippen LogP contribution in [0.5, 0.6) is 0 Å². The summed E-state index contributed by atoms with van der Waals surface area (Å²) >= 11 is 0. The number of rotatable bonds is 5. The number of aromatic nitrogens is 1. The molecule has 160 valence electrons. The van der Waals surface area contributed by atoms with E-state index >= 15 is 0 Å². The van der Waals surface area contributed by atoms with E-state index in [4.69, 9.17) is 4.74 Å². The van der Waals surface area contributed by atoms with Crippen LogP contribution >= 0.6 is 0 Å². The minimum Gasteiger partial charge on any atom is -0.372 e. The molecule has 0 aliphatic carbocycles. The second-order valence-corrected chi connectivity index (χ2v) is 7.58. The number of hydrogen-bond donors (Lipinski definition) is 1. The Morgan fingerprint density at radius 1 is 1.20 bits per heavy atom. The highest BCUT2D eigenvalue weighted by atomic mass is 16.5. The van der Waals surface area contributed by atoms with E-state index in [-0.39, 0.29) is 30.7 Å². The van der Waals surface area contributed by atoms with E-state index < -0.39 is 11.9 Å². The van der Waals surface area contributed by atoms with Crippen LogP contribution in [0.4, 0.5) is 5.82 Å². The van der Waals surface area contributed by atoms with Gasteiger partial charge in [0, 0.05) is 51.3 Å². The minimum atomic E-state index is -0.646. The fourth-order valence-corrected chi connectivity index (χ4v) is 4.05. The predicted molar refractivity (Wildman–Crippen MR) is 106 cm³/mol. The third-order valence-electron chi connectivity index (χ3n) is 5.74. The second-order valence-electron chi connectivity index (χ2n) is 7.58. The number of piperidine rings is 1. The molecule has 1 atom stereocenters. The van der Waals surface area contributed by atoms with Gasteiger partial charge >= 0.3 is 0 Å². The molecule has 1 aromatic heterocycles. The molecule has 1 N–H and O–H groups in total. The van der Waals surface area contributed by atoms with Gasteiger partial charge in [-0.15, -0.1) is 0 Å². The Balaban J connectivity index is 1.41. The number of pyridine rings is 1. The largest absolute Gasteiger partial charge is 0.372 e. The first-order valence-corrected chi connectivity index (χ1v) is 10.2. The molecular formula is C20H25N5O5. The average molecular weight is 415 g/mol. The Morgan fingerprint density at radius 3 is 2.67 bits per heavy atom. The smallest absolute Gasteiger partial charge is 0.273 e. The van der Waals surface area contributed by atoms with Crippen LogP contribution in [0, 0.1) is 0 Å². The number of ether oxygens (including phenoxy) is 1. The van der Waals surface area contributed by atoms with E-state index in [1.165, 1.54) is 4.90 Å². The summed E-state index contributed by atoms with van der Waals surface area (Å²) in [7, 11) is 0. The molecule has 1 unspecified atom stereocenters. The number of carbonyl (C=O) groups is 4. The molecule has 3 aliphatic rings. The molecule has 10 nitrogen and oxygen atoms in total. The maximum absolute atomic E-state index is 12.9. The summed E-state index contributed by atoms with van der Waals surface area (Å²) in [5, 5.41) is 2.30. The molecule has 0 saturated carbocycles. The molecule has 10 heteroatoms. The number of piperazine rings is 1. The van der Waals surface area contributed by atoms with Gasteiger partial charge in [-0.3, -0.25) is 24.5 Å². The standard InChI is InChI=1S/C20H25N5O5/c1-2-30-12-17(27)24-9-7-23(8-10-24)15-5-3-13-11-25(20(29)18(13)21-15)14-4-6-16(26)22-19(14)28/h3,5,14H,2,4,6-12H2,1H3,(H,22,26,28). The van der Waals surface area contributed by atoms with Crippen LogP contribution in [0.25, 0.3) is 0 Å². The monoisotopic (exact) mass is 415 g/mol. The Kier molecular flexibility index (Phi) is 5.67. The zero-order chi connectivity index (χ0) is 21.3. The van der Waals surface area contributed by atoms with Crippen molar-refractivity contribution in [1.29, 1.82) is 0 Å².